The van der Waals surface area contributed by atoms with Gasteiger partial charge in [0.1, 0.15) is 11.5 Å². The zero-order valence-electron chi connectivity index (χ0n) is 11.2. The lowest BCUT2D eigenvalue weighted by molar-refractivity contribution is 0.776. The maximum absolute atomic E-state index is 6.19. The van der Waals surface area contributed by atoms with Gasteiger partial charge in [-0.2, -0.15) is 5.10 Å². The highest BCUT2D eigenvalue weighted by molar-refractivity contribution is 9.10. The van der Waals surface area contributed by atoms with Crippen LogP contribution in [0.4, 0.5) is 5.82 Å². The van der Waals surface area contributed by atoms with Gasteiger partial charge in [-0.3, -0.25) is 4.68 Å². The number of hydrogen-bond donors (Lipinski definition) is 1. The highest BCUT2D eigenvalue weighted by Gasteiger charge is 2.20. The van der Waals surface area contributed by atoms with E-state index in [-0.39, 0.29) is 0 Å². The predicted octanol–water partition coefficient (Wildman–Crippen LogP) is 2.83. The first kappa shape index (κ1) is 12.9. The van der Waals surface area contributed by atoms with Crippen LogP contribution in [0.2, 0.25) is 0 Å². The quantitative estimate of drug-likeness (QED) is 0.785. The van der Waals surface area contributed by atoms with E-state index in [1.807, 2.05) is 49.1 Å². The third kappa shape index (κ3) is 2.02. The molecule has 0 aliphatic rings. The normalized spacial score (nSPS) is 10.9. The molecule has 0 bridgehead atoms. The van der Waals surface area contributed by atoms with Gasteiger partial charge >= 0.3 is 0 Å². The summed E-state index contributed by atoms with van der Waals surface area (Å²) >= 11 is 3.49. The number of hydrogen-bond acceptors (Lipinski definition) is 3. The number of anilines is 1. The number of benzene rings is 1. The smallest absolute Gasteiger partial charge is 0.161 e. The molecule has 3 rings (SSSR count). The average Bonchev–Trinajstić information content (AvgIpc) is 2.94. The maximum atomic E-state index is 6.19. The van der Waals surface area contributed by atoms with Gasteiger partial charge in [0, 0.05) is 31.0 Å². The molecule has 6 heteroatoms. The summed E-state index contributed by atoms with van der Waals surface area (Å²) in [5, 5.41) is 4.51. The molecule has 0 amide bonds. The van der Waals surface area contributed by atoms with E-state index >= 15 is 0 Å². The zero-order valence-corrected chi connectivity index (χ0v) is 12.8. The van der Waals surface area contributed by atoms with Gasteiger partial charge in [0.25, 0.3) is 0 Å². The number of halogens is 1. The lowest BCUT2D eigenvalue weighted by Crippen LogP contribution is -1.98. The third-order valence-corrected chi connectivity index (χ3v) is 3.73. The molecule has 20 heavy (non-hydrogen) atoms. The van der Waals surface area contributed by atoms with Crippen molar-refractivity contribution < 1.29 is 0 Å². The molecule has 0 fully saturated rings. The Balaban J connectivity index is 2.28. The van der Waals surface area contributed by atoms with Gasteiger partial charge in [-0.05, 0) is 17.7 Å². The van der Waals surface area contributed by atoms with Crippen molar-refractivity contribution in [2.45, 2.75) is 0 Å². The Morgan fingerprint density at radius 1 is 1.25 bits per heavy atom. The van der Waals surface area contributed by atoms with Gasteiger partial charge in [-0.15, -0.1) is 0 Å². The largest absolute Gasteiger partial charge is 0.383 e. The van der Waals surface area contributed by atoms with Crippen molar-refractivity contribution in [3.05, 3.63) is 41.1 Å². The second-order valence-corrected chi connectivity index (χ2v) is 5.52. The molecular weight excluding hydrogens is 318 g/mol. The van der Waals surface area contributed by atoms with Gasteiger partial charge in [0.15, 0.2) is 5.82 Å². The topological polar surface area (TPSA) is 61.7 Å². The Morgan fingerprint density at radius 3 is 2.70 bits per heavy atom. The average molecular weight is 332 g/mol. The Labute approximate surface area is 125 Å². The summed E-state index contributed by atoms with van der Waals surface area (Å²) in [4.78, 5) is 4.37. The van der Waals surface area contributed by atoms with Crippen LogP contribution in [0, 0.1) is 0 Å². The summed E-state index contributed by atoms with van der Waals surface area (Å²) in [7, 11) is 3.78. The summed E-state index contributed by atoms with van der Waals surface area (Å²) in [6.45, 7) is 0. The van der Waals surface area contributed by atoms with Gasteiger partial charge < -0.3 is 10.3 Å². The summed E-state index contributed by atoms with van der Waals surface area (Å²) in [5.41, 5.74) is 8.90. The van der Waals surface area contributed by atoms with Crippen molar-refractivity contribution in [3.8, 4) is 22.6 Å². The van der Waals surface area contributed by atoms with Crippen molar-refractivity contribution >= 4 is 21.7 Å². The van der Waals surface area contributed by atoms with Crippen LogP contribution in [0.3, 0.4) is 0 Å². The fraction of sp³-hybridized carbons (Fsp3) is 0.143. The first-order valence-electron chi connectivity index (χ1n) is 6.14. The molecule has 2 N–H and O–H groups in total. The SMILES string of the molecule is Cn1ccnc1-c1nn(C)c(N)c1-c1cccc(Br)c1. The van der Waals surface area contributed by atoms with Crippen molar-refractivity contribution in [1.82, 2.24) is 19.3 Å². The molecule has 0 spiro atoms. The molecule has 0 aliphatic heterocycles. The number of aryl methyl sites for hydroxylation is 2. The number of nitrogens with zero attached hydrogens (tertiary/aromatic N) is 4. The molecule has 0 radical (unpaired) electrons. The van der Waals surface area contributed by atoms with E-state index in [1.54, 1.807) is 10.9 Å². The Morgan fingerprint density at radius 2 is 2.05 bits per heavy atom. The Bertz CT molecular complexity index is 772. The molecule has 0 unspecified atom stereocenters. The highest BCUT2D eigenvalue weighted by atomic mass is 79.9. The number of rotatable bonds is 2. The Hall–Kier alpha value is -2.08. The lowest BCUT2D eigenvalue weighted by Gasteiger charge is -2.05. The fourth-order valence-corrected chi connectivity index (χ4v) is 2.62. The van der Waals surface area contributed by atoms with Gasteiger partial charge in [0.2, 0.25) is 0 Å². The third-order valence-electron chi connectivity index (χ3n) is 3.24. The van der Waals surface area contributed by atoms with Crippen molar-refractivity contribution in [2.75, 3.05) is 5.73 Å². The van der Waals surface area contributed by atoms with E-state index in [4.69, 9.17) is 5.73 Å². The molecule has 0 atom stereocenters. The minimum atomic E-state index is 0.626. The molecule has 3 aromatic rings. The van der Waals surface area contributed by atoms with Gasteiger partial charge in [-0.25, -0.2) is 4.98 Å². The van der Waals surface area contributed by atoms with E-state index in [1.165, 1.54) is 0 Å². The van der Waals surface area contributed by atoms with Gasteiger partial charge in [-0.1, -0.05) is 28.1 Å². The monoisotopic (exact) mass is 331 g/mol. The summed E-state index contributed by atoms with van der Waals surface area (Å²) < 4.78 is 4.62. The fourth-order valence-electron chi connectivity index (χ4n) is 2.22. The van der Waals surface area contributed by atoms with E-state index in [9.17, 15) is 0 Å². The van der Waals surface area contributed by atoms with Crippen molar-refractivity contribution in [3.63, 3.8) is 0 Å². The van der Waals surface area contributed by atoms with Crippen LogP contribution in [0.5, 0.6) is 0 Å². The predicted molar refractivity (Wildman–Crippen MR) is 83.0 cm³/mol. The standard InChI is InChI=1S/C14H14BrN5/c1-19-7-6-17-14(19)12-11(13(16)20(2)18-12)9-4-3-5-10(15)8-9/h3-8H,16H2,1-2H3. The number of imidazole rings is 1. The van der Waals surface area contributed by atoms with Crippen LogP contribution in [-0.2, 0) is 14.1 Å². The van der Waals surface area contributed by atoms with E-state index < -0.39 is 0 Å². The van der Waals surface area contributed by atoms with Gasteiger partial charge in [0.05, 0.1) is 5.56 Å². The number of nitrogens with two attached hydrogens (primary N) is 1. The van der Waals surface area contributed by atoms with Crippen LogP contribution >= 0.6 is 15.9 Å². The molecule has 2 aromatic heterocycles. The Kier molecular flexibility index (Phi) is 3.10. The minimum Gasteiger partial charge on any atom is -0.383 e. The second kappa shape index (κ2) is 4.79. The first-order valence-corrected chi connectivity index (χ1v) is 6.93. The second-order valence-electron chi connectivity index (χ2n) is 4.60. The minimum absolute atomic E-state index is 0.626. The molecular formula is C14H14BrN5. The molecule has 0 saturated heterocycles. The van der Waals surface area contributed by atoms with E-state index in [0.29, 0.717) is 5.82 Å². The molecule has 5 nitrogen and oxygen atoms in total. The highest BCUT2D eigenvalue weighted by Crippen LogP contribution is 2.35. The van der Waals surface area contributed by atoms with Crippen LogP contribution in [0.1, 0.15) is 0 Å². The molecule has 102 valence electrons. The van der Waals surface area contributed by atoms with E-state index in [0.717, 1.165) is 27.1 Å². The maximum Gasteiger partial charge on any atom is 0.161 e. The zero-order chi connectivity index (χ0) is 14.3. The number of aromatic nitrogens is 4. The molecule has 1 aromatic carbocycles. The van der Waals surface area contributed by atoms with Crippen molar-refractivity contribution in [1.29, 1.82) is 0 Å². The summed E-state index contributed by atoms with van der Waals surface area (Å²) in [5.74, 6) is 1.42. The molecule has 2 heterocycles. The lowest BCUT2D eigenvalue weighted by atomic mass is 10.1. The molecule has 0 aliphatic carbocycles. The first-order chi connectivity index (χ1) is 9.58. The summed E-state index contributed by atoms with van der Waals surface area (Å²) in [6, 6.07) is 8.01. The van der Waals surface area contributed by atoms with Crippen LogP contribution in [0.15, 0.2) is 41.1 Å². The summed E-state index contributed by atoms with van der Waals surface area (Å²) in [6.07, 6.45) is 3.65. The van der Waals surface area contributed by atoms with Crippen LogP contribution in [-0.4, -0.2) is 19.3 Å². The van der Waals surface area contributed by atoms with Crippen LogP contribution in [0.25, 0.3) is 22.6 Å². The molecule has 0 saturated carbocycles. The van der Waals surface area contributed by atoms with E-state index in [2.05, 4.69) is 26.0 Å². The van der Waals surface area contributed by atoms with Crippen LogP contribution < -0.4 is 5.73 Å². The number of nitrogen functional groups attached to an aromatic ring is 1. The van der Waals surface area contributed by atoms with Crippen molar-refractivity contribution in [2.24, 2.45) is 14.1 Å².